The highest BCUT2D eigenvalue weighted by Crippen LogP contribution is 2.42. The minimum atomic E-state index is 0.0868. The van der Waals surface area contributed by atoms with Crippen LogP contribution in [0.25, 0.3) is 0 Å². The Kier molecular flexibility index (Phi) is 6.01. The van der Waals surface area contributed by atoms with Gasteiger partial charge in [-0.15, -0.1) is 0 Å². The lowest BCUT2D eigenvalue weighted by molar-refractivity contribution is 0.494. The maximum absolute atomic E-state index is 4.77. The average Bonchev–Trinajstić information content (AvgIpc) is 2.81. The number of hydrogen-bond acceptors (Lipinski definition) is 2. The van der Waals surface area contributed by atoms with Crippen molar-refractivity contribution < 1.29 is 0 Å². The Hall–Kier alpha value is -3.39. The van der Waals surface area contributed by atoms with E-state index < -0.39 is 0 Å². The molecular weight excluding hydrogens is 352 g/mol. The predicted molar refractivity (Wildman–Crippen MR) is 121 cm³/mol. The van der Waals surface area contributed by atoms with Crippen molar-refractivity contribution in [3.8, 4) is 0 Å². The molecule has 1 heterocycles. The van der Waals surface area contributed by atoms with E-state index in [9.17, 15) is 0 Å². The monoisotopic (exact) mass is 378 g/mol. The van der Waals surface area contributed by atoms with Crippen molar-refractivity contribution in [1.82, 2.24) is 4.98 Å². The summed E-state index contributed by atoms with van der Waals surface area (Å²) in [4.78, 5) is 4.77. The zero-order valence-electron chi connectivity index (χ0n) is 16.6. The number of nitrogens with zero attached hydrogens (tertiary/aromatic N) is 1. The molecule has 144 valence electrons. The van der Waals surface area contributed by atoms with Crippen molar-refractivity contribution in [2.24, 2.45) is 0 Å². The van der Waals surface area contributed by atoms with E-state index in [1.54, 1.807) is 0 Å². The van der Waals surface area contributed by atoms with Crippen LogP contribution in [0, 0.1) is 0 Å². The largest absolute Gasteiger partial charge is 0.378 e. The first-order valence-corrected chi connectivity index (χ1v) is 10.2. The van der Waals surface area contributed by atoms with Gasteiger partial charge < -0.3 is 5.32 Å². The Bertz CT molecular complexity index is 986. The third-order valence-electron chi connectivity index (χ3n) is 5.51. The van der Waals surface area contributed by atoms with Crippen LogP contribution in [0.2, 0.25) is 0 Å². The van der Waals surface area contributed by atoms with Crippen molar-refractivity contribution in [2.75, 3.05) is 5.32 Å². The van der Waals surface area contributed by atoms with Gasteiger partial charge in [0.1, 0.15) is 0 Å². The van der Waals surface area contributed by atoms with E-state index in [-0.39, 0.29) is 17.9 Å². The number of rotatable bonds is 7. The number of benzene rings is 3. The molecule has 0 amide bonds. The summed E-state index contributed by atoms with van der Waals surface area (Å²) < 4.78 is 0. The van der Waals surface area contributed by atoms with Crippen LogP contribution < -0.4 is 5.32 Å². The fourth-order valence-corrected chi connectivity index (χ4v) is 4.01. The Labute approximate surface area is 173 Å². The van der Waals surface area contributed by atoms with Crippen molar-refractivity contribution in [3.05, 3.63) is 132 Å². The minimum Gasteiger partial charge on any atom is -0.378 e. The van der Waals surface area contributed by atoms with Gasteiger partial charge in [0, 0.05) is 23.5 Å². The lowest BCUT2D eigenvalue weighted by atomic mass is 9.77. The topological polar surface area (TPSA) is 24.9 Å². The van der Waals surface area contributed by atoms with Crippen molar-refractivity contribution >= 4 is 5.69 Å². The summed E-state index contributed by atoms with van der Waals surface area (Å²) in [5, 5.41) is 3.80. The molecule has 0 bridgehead atoms. The number of nitrogens with one attached hydrogen (secondary N) is 1. The van der Waals surface area contributed by atoms with Crippen LogP contribution in [0.4, 0.5) is 5.69 Å². The molecule has 0 radical (unpaired) electrons. The van der Waals surface area contributed by atoms with Crippen LogP contribution in [0.15, 0.2) is 115 Å². The Morgan fingerprint density at radius 1 is 0.621 bits per heavy atom. The highest BCUT2D eigenvalue weighted by molar-refractivity contribution is 5.47. The second kappa shape index (κ2) is 9.20. The molecule has 2 heteroatoms. The molecule has 3 aromatic carbocycles. The molecule has 0 aliphatic heterocycles. The second-order valence-electron chi connectivity index (χ2n) is 7.38. The molecule has 4 aromatic rings. The first kappa shape index (κ1) is 18.9. The van der Waals surface area contributed by atoms with Gasteiger partial charge in [-0.1, -0.05) is 91.9 Å². The summed E-state index contributed by atoms with van der Waals surface area (Å²) in [6.07, 6.45) is 1.89. The van der Waals surface area contributed by atoms with E-state index in [1.165, 1.54) is 11.1 Å². The fraction of sp³-hybridized carbons (Fsp3) is 0.148. The maximum atomic E-state index is 4.77. The number of para-hydroxylation sites is 1. The van der Waals surface area contributed by atoms with Crippen LogP contribution in [0.3, 0.4) is 0 Å². The van der Waals surface area contributed by atoms with Gasteiger partial charge in [-0.2, -0.15) is 0 Å². The van der Waals surface area contributed by atoms with Crippen LogP contribution in [0.5, 0.6) is 0 Å². The van der Waals surface area contributed by atoms with Crippen molar-refractivity contribution in [2.45, 2.75) is 24.8 Å². The van der Waals surface area contributed by atoms with E-state index in [0.717, 1.165) is 11.4 Å². The van der Waals surface area contributed by atoms with E-state index in [4.69, 9.17) is 4.98 Å². The summed E-state index contributed by atoms with van der Waals surface area (Å²) in [7, 11) is 0. The summed E-state index contributed by atoms with van der Waals surface area (Å²) in [6.45, 7) is 2.30. The Morgan fingerprint density at radius 3 is 1.76 bits per heavy atom. The molecule has 0 saturated carbocycles. The third-order valence-corrected chi connectivity index (χ3v) is 5.51. The number of hydrogen-bond donors (Lipinski definition) is 1. The lowest BCUT2D eigenvalue weighted by Gasteiger charge is -2.33. The molecule has 0 saturated heterocycles. The van der Waals surface area contributed by atoms with Gasteiger partial charge in [0.05, 0.1) is 6.04 Å². The molecule has 0 fully saturated rings. The third kappa shape index (κ3) is 4.55. The standard InChI is InChI=1S/C27H26N2/c1-21(22-13-5-2-6-14-22)26(25-19-11-12-20-28-25)27(23-15-7-3-8-16-23)29-24-17-9-4-10-18-24/h2-21,26-27,29H,1H3. The minimum absolute atomic E-state index is 0.0868. The van der Waals surface area contributed by atoms with Gasteiger partial charge >= 0.3 is 0 Å². The van der Waals surface area contributed by atoms with Crippen LogP contribution in [-0.4, -0.2) is 4.98 Å². The molecule has 4 rings (SSSR count). The zero-order chi connectivity index (χ0) is 19.9. The van der Waals surface area contributed by atoms with Gasteiger partial charge in [-0.3, -0.25) is 4.98 Å². The van der Waals surface area contributed by atoms with Gasteiger partial charge in [0.25, 0.3) is 0 Å². The van der Waals surface area contributed by atoms with Gasteiger partial charge in [0.15, 0.2) is 0 Å². The SMILES string of the molecule is CC(c1ccccc1)C(c1ccccn1)C(Nc1ccccc1)c1ccccc1. The van der Waals surface area contributed by atoms with Crippen LogP contribution >= 0.6 is 0 Å². The Balaban J connectivity index is 1.81. The first-order chi connectivity index (χ1) is 14.3. The quantitative estimate of drug-likeness (QED) is 0.381. The maximum Gasteiger partial charge on any atom is 0.0603 e. The highest BCUT2D eigenvalue weighted by Gasteiger charge is 2.31. The first-order valence-electron chi connectivity index (χ1n) is 10.2. The molecule has 2 nitrogen and oxygen atoms in total. The van der Waals surface area contributed by atoms with E-state index in [2.05, 4.69) is 109 Å². The molecule has 3 unspecified atom stereocenters. The zero-order valence-corrected chi connectivity index (χ0v) is 16.6. The van der Waals surface area contributed by atoms with Gasteiger partial charge in [0.2, 0.25) is 0 Å². The average molecular weight is 379 g/mol. The smallest absolute Gasteiger partial charge is 0.0603 e. The van der Waals surface area contributed by atoms with Crippen molar-refractivity contribution in [3.63, 3.8) is 0 Å². The fourth-order valence-electron chi connectivity index (χ4n) is 4.01. The molecular formula is C27H26N2. The van der Waals surface area contributed by atoms with E-state index >= 15 is 0 Å². The number of aromatic nitrogens is 1. The van der Waals surface area contributed by atoms with Crippen LogP contribution in [0.1, 0.15) is 41.6 Å². The molecule has 1 N–H and O–H groups in total. The Morgan fingerprint density at radius 2 is 1.17 bits per heavy atom. The van der Waals surface area contributed by atoms with Crippen LogP contribution in [-0.2, 0) is 0 Å². The number of anilines is 1. The molecule has 29 heavy (non-hydrogen) atoms. The molecule has 3 atom stereocenters. The van der Waals surface area contributed by atoms with Gasteiger partial charge in [-0.25, -0.2) is 0 Å². The van der Waals surface area contributed by atoms with Crippen molar-refractivity contribution in [1.29, 1.82) is 0 Å². The summed E-state index contributed by atoms with van der Waals surface area (Å²) in [5.74, 6) is 0.453. The molecule has 0 aliphatic carbocycles. The predicted octanol–water partition coefficient (Wildman–Crippen LogP) is 6.82. The highest BCUT2D eigenvalue weighted by atomic mass is 14.9. The summed E-state index contributed by atoms with van der Waals surface area (Å²) >= 11 is 0. The summed E-state index contributed by atoms with van der Waals surface area (Å²) in [5.41, 5.74) is 4.79. The van der Waals surface area contributed by atoms with E-state index in [0.29, 0.717) is 0 Å². The molecule has 0 aliphatic rings. The lowest BCUT2D eigenvalue weighted by Crippen LogP contribution is -2.24. The number of pyridine rings is 1. The summed E-state index contributed by atoms with van der Waals surface area (Å²) in [6, 6.07) is 38.2. The second-order valence-corrected chi connectivity index (χ2v) is 7.38. The normalized spacial score (nSPS) is 14.0. The van der Waals surface area contributed by atoms with E-state index in [1.807, 2.05) is 18.3 Å². The molecule has 0 spiro atoms. The molecule has 1 aromatic heterocycles. The van der Waals surface area contributed by atoms with Gasteiger partial charge in [-0.05, 0) is 41.3 Å².